The van der Waals surface area contributed by atoms with Gasteiger partial charge in [-0.2, -0.15) is 15.1 Å². The molecule has 1 saturated heterocycles. The van der Waals surface area contributed by atoms with E-state index < -0.39 is 0 Å². The summed E-state index contributed by atoms with van der Waals surface area (Å²) in [4.78, 5) is 11.3. The van der Waals surface area contributed by atoms with E-state index in [1.54, 1.807) is 13.3 Å². The minimum Gasteiger partial charge on any atom is -0.384 e. The summed E-state index contributed by atoms with van der Waals surface area (Å²) in [5.74, 6) is 2.24. The van der Waals surface area contributed by atoms with Gasteiger partial charge in [0, 0.05) is 33.9 Å². The summed E-state index contributed by atoms with van der Waals surface area (Å²) in [6, 6.07) is 0. The predicted molar refractivity (Wildman–Crippen MR) is 78.0 cm³/mol. The highest BCUT2D eigenvalue weighted by molar-refractivity contribution is 5.87. The molecule has 2 N–H and O–H groups in total. The fraction of sp³-hybridized carbons (Fsp3) is 0.615. The lowest BCUT2D eigenvalue weighted by Gasteiger charge is -2.32. The van der Waals surface area contributed by atoms with Crippen LogP contribution in [0.3, 0.4) is 0 Å². The van der Waals surface area contributed by atoms with Crippen molar-refractivity contribution >= 4 is 22.8 Å². The normalized spacial score (nSPS) is 16.8. The number of hydrogen-bond acceptors (Lipinski definition) is 6. The van der Waals surface area contributed by atoms with Crippen LogP contribution in [0.5, 0.6) is 0 Å². The first-order chi connectivity index (χ1) is 9.81. The third-order valence-electron chi connectivity index (χ3n) is 3.83. The highest BCUT2D eigenvalue weighted by Crippen LogP contribution is 2.28. The van der Waals surface area contributed by atoms with Crippen LogP contribution >= 0.6 is 0 Å². The summed E-state index contributed by atoms with van der Waals surface area (Å²) >= 11 is 0. The molecule has 0 bridgehead atoms. The van der Waals surface area contributed by atoms with Gasteiger partial charge in [0.1, 0.15) is 5.82 Å². The molecular weight excluding hydrogens is 256 g/mol. The molecular formula is C13H20N6O. The molecule has 7 nitrogen and oxygen atoms in total. The molecule has 3 heterocycles. The van der Waals surface area contributed by atoms with Crippen molar-refractivity contribution < 1.29 is 4.74 Å². The molecule has 0 spiro atoms. The molecule has 0 atom stereocenters. The maximum Gasteiger partial charge on any atom is 0.226 e. The molecule has 20 heavy (non-hydrogen) atoms. The first-order valence-electron chi connectivity index (χ1n) is 6.94. The second-order valence-corrected chi connectivity index (χ2v) is 5.14. The zero-order chi connectivity index (χ0) is 13.9. The number of anilines is 2. The highest BCUT2D eigenvalue weighted by atomic mass is 16.5. The summed E-state index contributed by atoms with van der Waals surface area (Å²) < 4.78 is 5.25. The second-order valence-electron chi connectivity index (χ2n) is 5.14. The molecule has 2 aromatic heterocycles. The molecule has 1 aliphatic rings. The van der Waals surface area contributed by atoms with Crippen molar-refractivity contribution in [2.75, 3.05) is 44.1 Å². The Morgan fingerprint density at radius 3 is 2.90 bits per heavy atom. The minimum atomic E-state index is 0.621. The van der Waals surface area contributed by atoms with E-state index in [1.165, 1.54) is 0 Å². The third-order valence-corrected chi connectivity index (χ3v) is 3.83. The molecule has 0 radical (unpaired) electrons. The lowest BCUT2D eigenvalue weighted by Crippen LogP contribution is -2.35. The predicted octanol–water partition coefficient (Wildman–Crippen LogP) is 1.26. The summed E-state index contributed by atoms with van der Waals surface area (Å²) in [6.45, 7) is 2.84. The highest BCUT2D eigenvalue weighted by Gasteiger charge is 2.22. The SMILES string of the molecule is CNc1nc(N2CCC(COC)CC2)c2cn[nH]c2n1. The second kappa shape index (κ2) is 5.62. The number of hydrogen-bond donors (Lipinski definition) is 2. The van der Waals surface area contributed by atoms with Gasteiger partial charge in [-0.3, -0.25) is 5.10 Å². The molecule has 108 valence electrons. The topological polar surface area (TPSA) is 79.0 Å². The van der Waals surface area contributed by atoms with Gasteiger partial charge in [0.25, 0.3) is 0 Å². The largest absolute Gasteiger partial charge is 0.384 e. The first-order valence-corrected chi connectivity index (χ1v) is 6.94. The summed E-state index contributed by atoms with van der Waals surface area (Å²) in [5, 5.41) is 11.0. The Kier molecular flexibility index (Phi) is 3.68. The summed E-state index contributed by atoms with van der Waals surface area (Å²) in [6.07, 6.45) is 4.06. The number of methoxy groups -OCH3 is 1. The van der Waals surface area contributed by atoms with Crippen molar-refractivity contribution in [2.24, 2.45) is 5.92 Å². The van der Waals surface area contributed by atoms with E-state index in [0.29, 0.717) is 11.9 Å². The Balaban J connectivity index is 1.85. The molecule has 0 amide bonds. The van der Waals surface area contributed by atoms with E-state index in [4.69, 9.17) is 4.74 Å². The Hall–Kier alpha value is -1.89. The van der Waals surface area contributed by atoms with Gasteiger partial charge in [-0.15, -0.1) is 0 Å². The number of piperidine rings is 1. The van der Waals surface area contributed by atoms with Gasteiger partial charge in [0.2, 0.25) is 5.95 Å². The Morgan fingerprint density at radius 2 is 2.20 bits per heavy atom. The van der Waals surface area contributed by atoms with E-state index in [-0.39, 0.29) is 0 Å². The monoisotopic (exact) mass is 276 g/mol. The van der Waals surface area contributed by atoms with Crippen molar-refractivity contribution in [2.45, 2.75) is 12.8 Å². The van der Waals surface area contributed by atoms with Gasteiger partial charge >= 0.3 is 0 Å². The number of fused-ring (bicyclic) bond motifs is 1. The average Bonchev–Trinajstić information content (AvgIpc) is 2.95. The van der Waals surface area contributed by atoms with Crippen LogP contribution in [-0.4, -0.2) is 54.0 Å². The van der Waals surface area contributed by atoms with Crippen molar-refractivity contribution in [3.05, 3.63) is 6.20 Å². The number of aromatic amines is 1. The van der Waals surface area contributed by atoms with E-state index in [0.717, 1.165) is 49.4 Å². The van der Waals surface area contributed by atoms with Crippen LogP contribution in [0.25, 0.3) is 11.0 Å². The van der Waals surface area contributed by atoms with E-state index in [2.05, 4.69) is 30.4 Å². The van der Waals surface area contributed by atoms with Crippen LogP contribution in [0.2, 0.25) is 0 Å². The van der Waals surface area contributed by atoms with E-state index in [1.807, 2.05) is 7.05 Å². The number of nitrogens with one attached hydrogen (secondary N) is 2. The van der Waals surface area contributed by atoms with Crippen molar-refractivity contribution in [3.8, 4) is 0 Å². The molecule has 0 aromatic carbocycles. The van der Waals surface area contributed by atoms with Crippen molar-refractivity contribution in [1.82, 2.24) is 20.2 Å². The Bertz CT molecular complexity index is 575. The zero-order valence-corrected chi connectivity index (χ0v) is 11.9. The standard InChI is InChI=1S/C13H20N6O/c1-14-13-16-11-10(7-15-18-11)12(17-13)19-5-3-9(4-6-19)8-20-2/h7,9H,3-6,8H2,1-2H3,(H2,14,15,16,17,18). The van der Waals surface area contributed by atoms with Crippen LogP contribution in [0.4, 0.5) is 11.8 Å². The summed E-state index contributed by atoms with van der Waals surface area (Å²) in [5.41, 5.74) is 0.776. The fourth-order valence-electron chi connectivity index (χ4n) is 2.72. The number of aromatic nitrogens is 4. The lowest BCUT2D eigenvalue weighted by atomic mass is 9.98. The maximum absolute atomic E-state index is 5.25. The number of nitrogens with zero attached hydrogens (tertiary/aromatic N) is 4. The molecule has 0 saturated carbocycles. The molecule has 3 rings (SSSR count). The number of rotatable bonds is 4. The van der Waals surface area contributed by atoms with Crippen molar-refractivity contribution in [3.63, 3.8) is 0 Å². The fourth-order valence-corrected chi connectivity index (χ4v) is 2.72. The van der Waals surface area contributed by atoms with Crippen LogP contribution in [0.15, 0.2) is 6.20 Å². The molecule has 7 heteroatoms. The van der Waals surface area contributed by atoms with Crippen LogP contribution in [0.1, 0.15) is 12.8 Å². The molecule has 2 aromatic rings. The minimum absolute atomic E-state index is 0.621. The lowest BCUT2D eigenvalue weighted by molar-refractivity contribution is 0.139. The third kappa shape index (κ3) is 2.40. The van der Waals surface area contributed by atoms with E-state index >= 15 is 0 Å². The average molecular weight is 276 g/mol. The zero-order valence-electron chi connectivity index (χ0n) is 11.9. The number of ether oxygens (including phenoxy) is 1. The first kappa shape index (κ1) is 13.1. The maximum atomic E-state index is 5.25. The van der Waals surface area contributed by atoms with Gasteiger partial charge in [-0.25, -0.2) is 0 Å². The molecule has 1 aliphatic heterocycles. The number of H-pyrrole nitrogens is 1. The van der Waals surface area contributed by atoms with E-state index in [9.17, 15) is 0 Å². The van der Waals surface area contributed by atoms with Gasteiger partial charge < -0.3 is 15.0 Å². The Labute approximate surface area is 117 Å². The van der Waals surface area contributed by atoms with Crippen LogP contribution < -0.4 is 10.2 Å². The molecule has 1 fully saturated rings. The van der Waals surface area contributed by atoms with Gasteiger partial charge in [-0.1, -0.05) is 0 Å². The smallest absolute Gasteiger partial charge is 0.226 e. The van der Waals surface area contributed by atoms with Crippen LogP contribution in [0, 0.1) is 5.92 Å². The molecule has 0 unspecified atom stereocenters. The van der Waals surface area contributed by atoms with Gasteiger partial charge in [0.15, 0.2) is 5.65 Å². The van der Waals surface area contributed by atoms with Crippen LogP contribution in [-0.2, 0) is 4.74 Å². The molecule has 0 aliphatic carbocycles. The van der Waals surface area contributed by atoms with Crippen molar-refractivity contribution in [1.29, 1.82) is 0 Å². The summed E-state index contributed by atoms with van der Waals surface area (Å²) in [7, 11) is 3.59. The quantitative estimate of drug-likeness (QED) is 0.875. The Morgan fingerprint density at radius 1 is 1.40 bits per heavy atom. The van der Waals surface area contributed by atoms with Gasteiger partial charge in [-0.05, 0) is 18.8 Å². The van der Waals surface area contributed by atoms with Gasteiger partial charge in [0.05, 0.1) is 11.6 Å².